The van der Waals surface area contributed by atoms with Gasteiger partial charge in [-0.25, -0.2) is 26.3 Å². The molecule has 1 aromatic rings. The van der Waals surface area contributed by atoms with Crippen molar-refractivity contribution in [2.45, 2.75) is 24.3 Å². The highest BCUT2D eigenvalue weighted by molar-refractivity contribution is 7.89. The van der Waals surface area contributed by atoms with Gasteiger partial charge in [-0.3, -0.25) is 4.79 Å². The third kappa shape index (κ3) is 5.75. The fraction of sp³-hybridized carbons (Fsp3) is 0.500. The van der Waals surface area contributed by atoms with Crippen LogP contribution in [0.1, 0.15) is 13.8 Å². The summed E-state index contributed by atoms with van der Waals surface area (Å²) in [7, 11) is -7.41. The minimum atomic E-state index is -3.93. The number of H-pyrrole nitrogens is 1. The summed E-state index contributed by atoms with van der Waals surface area (Å²) in [4.78, 5) is 13.1. The molecule has 0 bridgehead atoms. The van der Waals surface area contributed by atoms with Crippen LogP contribution in [0.5, 0.6) is 0 Å². The Morgan fingerprint density at radius 2 is 1.86 bits per heavy atom. The van der Waals surface area contributed by atoms with Crippen LogP contribution in [0.15, 0.2) is 22.0 Å². The summed E-state index contributed by atoms with van der Waals surface area (Å²) in [6.45, 7) is 2.87. The lowest BCUT2D eigenvalue weighted by Crippen LogP contribution is -2.50. The first kappa shape index (κ1) is 18.1. The molecule has 0 unspecified atom stereocenters. The summed E-state index contributed by atoms with van der Waals surface area (Å²) in [5, 5.41) is -0.258. The van der Waals surface area contributed by atoms with Gasteiger partial charge in [0.15, 0.2) is 0 Å². The average Bonchev–Trinajstić information content (AvgIpc) is 2.27. The molecule has 3 N–H and O–H groups in total. The molecule has 120 valence electrons. The Kier molecular flexibility index (Phi) is 5.22. The van der Waals surface area contributed by atoms with Crippen LogP contribution in [0.4, 0.5) is 0 Å². The van der Waals surface area contributed by atoms with Crippen molar-refractivity contribution >= 4 is 31.6 Å². The Labute approximate surface area is 128 Å². The van der Waals surface area contributed by atoms with E-state index in [1.165, 1.54) is 13.8 Å². The van der Waals surface area contributed by atoms with Gasteiger partial charge in [-0.05, 0) is 19.9 Å². The third-order valence-electron chi connectivity index (χ3n) is 2.31. The Hall–Kier alpha value is -0.940. The van der Waals surface area contributed by atoms with Crippen molar-refractivity contribution in [2.75, 3.05) is 12.8 Å². The Balaban J connectivity index is 2.91. The maximum Gasteiger partial charge on any atom is 0.266 e. The maximum absolute atomic E-state index is 12.0. The molecule has 0 saturated heterocycles. The number of rotatable bonds is 6. The lowest BCUT2D eigenvalue weighted by molar-refractivity contribution is 0.446. The number of hydrogen-bond donors (Lipinski definition) is 3. The van der Waals surface area contributed by atoms with E-state index < -0.39 is 31.1 Å². The fourth-order valence-corrected chi connectivity index (χ4v) is 4.01. The first-order chi connectivity index (χ1) is 9.32. The summed E-state index contributed by atoms with van der Waals surface area (Å²) >= 11 is 5.57. The van der Waals surface area contributed by atoms with Crippen LogP contribution in [0.2, 0.25) is 5.02 Å². The van der Waals surface area contributed by atoms with Crippen molar-refractivity contribution in [3.8, 4) is 0 Å². The van der Waals surface area contributed by atoms with E-state index in [4.69, 9.17) is 11.6 Å². The van der Waals surface area contributed by atoms with Crippen LogP contribution >= 0.6 is 11.6 Å². The van der Waals surface area contributed by atoms with Gasteiger partial charge in [0.25, 0.3) is 5.56 Å². The molecule has 0 aromatic carbocycles. The summed E-state index contributed by atoms with van der Waals surface area (Å²) in [5.41, 5.74) is -1.62. The normalized spacial score (nSPS) is 13.3. The molecule has 0 amide bonds. The number of nitrogens with one attached hydrogen (secondary N) is 3. The monoisotopic (exact) mass is 357 g/mol. The van der Waals surface area contributed by atoms with Gasteiger partial charge in [-0.1, -0.05) is 11.6 Å². The number of hydrogen-bond acceptors (Lipinski definition) is 5. The van der Waals surface area contributed by atoms with E-state index in [0.29, 0.717) is 0 Å². The number of aromatic nitrogens is 1. The zero-order valence-corrected chi connectivity index (χ0v) is 14.0. The maximum atomic E-state index is 12.0. The summed E-state index contributed by atoms with van der Waals surface area (Å²) in [6.07, 6.45) is 1.98. The van der Waals surface area contributed by atoms with Gasteiger partial charge in [-0.15, -0.1) is 0 Å². The molecule has 0 radical (unpaired) electrons. The van der Waals surface area contributed by atoms with E-state index in [-0.39, 0.29) is 16.5 Å². The molecular weight excluding hydrogens is 342 g/mol. The first-order valence-corrected chi connectivity index (χ1v) is 9.44. The molecule has 0 saturated carbocycles. The predicted molar refractivity (Wildman–Crippen MR) is 79.3 cm³/mol. The first-order valence-electron chi connectivity index (χ1n) is 5.69. The van der Waals surface area contributed by atoms with Gasteiger partial charge in [0.05, 0.1) is 11.2 Å². The van der Waals surface area contributed by atoms with Crippen molar-refractivity contribution in [3.05, 3.63) is 27.6 Å². The summed E-state index contributed by atoms with van der Waals surface area (Å²) < 4.78 is 51.0. The molecule has 1 rings (SSSR count). The molecule has 21 heavy (non-hydrogen) atoms. The van der Waals surface area contributed by atoms with E-state index in [0.717, 1.165) is 18.5 Å². The second-order valence-corrected chi connectivity index (χ2v) is 9.02. The number of pyridine rings is 1. The third-order valence-corrected chi connectivity index (χ3v) is 4.89. The quantitative estimate of drug-likeness (QED) is 0.640. The van der Waals surface area contributed by atoms with E-state index in [2.05, 4.69) is 14.4 Å². The van der Waals surface area contributed by atoms with Gasteiger partial charge in [0, 0.05) is 18.3 Å². The van der Waals surface area contributed by atoms with Crippen LogP contribution in [-0.2, 0) is 20.0 Å². The molecule has 1 heterocycles. The Morgan fingerprint density at radius 1 is 1.29 bits per heavy atom. The minimum absolute atomic E-state index is 0.181. The van der Waals surface area contributed by atoms with Crippen molar-refractivity contribution in [3.63, 3.8) is 0 Å². The largest absolute Gasteiger partial charge is 0.326 e. The molecule has 0 aliphatic carbocycles. The molecule has 1 aromatic heterocycles. The molecule has 0 aliphatic heterocycles. The molecular formula is C10H16ClN3O5S2. The summed E-state index contributed by atoms with van der Waals surface area (Å²) in [6, 6.07) is 1.01. The molecule has 0 aliphatic rings. The fourth-order valence-electron chi connectivity index (χ4n) is 1.49. The molecule has 8 nitrogen and oxygen atoms in total. The molecule has 0 spiro atoms. The Morgan fingerprint density at radius 3 is 2.33 bits per heavy atom. The van der Waals surface area contributed by atoms with Crippen molar-refractivity contribution < 1.29 is 16.8 Å². The van der Waals surface area contributed by atoms with Crippen LogP contribution in [0.25, 0.3) is 0 Å². The number of halogens is 1. The molecule has 0 atom stereocenters. The second kappa shape index (κ2) is 6.05. The highest BCUT2D eigenvalue weighted by Gasteiger charge is 2.25. The van der Waals surface area contributed by atoms with Crippen molar-refractivity contribution in [1.82, 2.24) is 14.4 Å². The smallest absolute Gasteiger partial charge is 0.266 e. The van der Waals surface area contributed by atoms with E-state index in [9.17, 15) is 21.6 Å². The van der Waals surface area contributed by atoms with E-state index >= 15 is 0 Å². The second-order valence-electron chi connectivity index (χ2n) is 5.10. The van der Waals surface area contributed by atoms with Crippen molar-refractivity contribution in [2.24, 2.45) is 0 Å². The van der Waals surface area contributed by atoms with Crippen LogP contribution < -0.4 is 15.0 Å². The summed E-state index contributed by atoms with van der Waals surface area (Å²) in [5.74, 6) is 0. The highest BCUT2D eigenvalue weighted by Crippen LogP contribution is 2.11. The zero-order chi connectivity index (χ0) is 16.5. The van der Waals surface area contributed by atoms with Gasteiger partial charge < -0.3 is 4.98 Å². The lowest BCUT2D eigenvalue weighted by atomic mass is 10.1. The van der Waals surface area contributed by atoms with Crippen LogP contribution in [-0.4, -0.2) is 40.2 Å². The molecule has 11 heteroatoms. The molecule has 0 fully saturated rings. The lowest BCUT2D eigenvalue weighted by Gasteiger charge is -2.25. The number of sulfonamides is 2. The topological polar surface area (TPSA) is 125 Å². The zero-order valence-electron chi connectivity index (χ0n) is 11.6. The highest BCUT2D eigenvalue weighted by atomic mass is 35.5. The van der Waals surface area contributed by atoms with E-state index in [1.54, 1.807) is 0 Å². The van der Waals surface area contributed by atoms with Crippen LogP contribution in [0, 0.1) is 0 Å². The van der Waals surface area contributed by atoms with Gasteiger partial charge in [0.1, 0.15) is 5.02 Å². The van der Waals surface area contributed by atoms with E-state index in [1.807, 2.05) is 0 Å². The average molecular weight is 358 g/mol. The minimum Gasteiger partial charge on any atom is -0.326 e. The Bertz CT molecular complexity index is 783. The van der Waals surface area contributed by atoms with Gasteiger partial charge >= 0.3 is 0 Å². The van der Waals surface area contributed by atoms with Gasteiger partial charge in [-0.2, -0.15) is 0 Å². The van der Waals surface area contributed by atoms with Crippen molar-refractivity contribution in [1.29, 1.82) is 0 Å². The van der Waals surface area contributed by atoms with Gasteiger partial charge in [0.2, 0.25) is 20.0 Å². The number of aromatic amines is 1. The standard InChI is InChI=1S/C10H16ClN3O5S2/c1-10(2,14-20(3,16)17)6-13-21(18,19)7-4-8(11)9(15)12-5-7/h4-5,13-14H,6H2,1-3H3,(H,12,15). The van der Waals surface area contributed by atoms with Crippen LogP contribution in [0.3, 0.4) is 0 Å². The SMILES string of the molecule is CC(C)(CNS(=O)(=O)c1c[nH]c(=O)c(Cl)c1)NS(C)(=O)=O. The predicted octanol–water partition coefficient (Wildman–Crippen LogP) is -0.366.